The van der Waals surface area contributed by atoms with Crippen LogP contribution in [0.4, 0.5) is 0 Å². The molecule has 5 heteroatoms. The molecule has 5 nitrogen and oxygen atoms in total. The molecule has 0 aromatic heterocycles. The normalized spacial score (nSPS) is 26.5. The Morgan fingerprint density at radius 3 is 2.73 bits per heavy atom. The number of carbonyl (C=O) groups excluding carboxylic acids is 1. The lowest BCUT2D eigenvalue weighted by molar-refractivity contribution is -0.141. The van der Waals surface area contributed by atoms with Crippen molar-refractivity contribution >= 4 is 11.9 Å². The average molecular weight is 215 g/mol. The van der Waals surface area contributed by atoms with E-state index in [1.807, 2.05) is 13.8 Å². The van der Waals surface area contributed by atoms with Crippen molar-refractivity contribution in [2.24, 2.45) is 5.92 Å². The molecular formula is C10H17NO4. The molecule has 2 atom stereocenters. The van der Waals surface area contributed by atoms with Crippen LogP contribution >= 0.6 is 0 Å². The predicted molar refractivity (Wildman–Crippen MR) is 53.4 cm³/mol. The number of amides is 1. The molecule has 2 unspecified atom stereocenters. The van der Waals surface area contributed by atoms with Crippen molar-refractivity contribution in [3.63, 3.8) is 0 Å². The second kappa shape index (κ2) is 4.18. The molecule has 0 aromatic rings. The molecule has 2 N–H and O–H groups in total. The number of carbonyl (C=O) groups is 2. The van der Waals surface area contributed by atoms with Crippen LogP contribution in [0.3, 0.4) is 0 Å². The van der Waals surface area contributed by atoms with Crippen molar-refractivity contribution in [2.45, 2.75) is 38.3 Å². The van der Waals surface area contributed by atoms with E-state index in [1.165, 1.54) is 0 Å². The lowest BCUT2D eigenvalue weighted by Crippen LogP contribution is -2.39. The molecule has 0 bridgehead atoms. The summed E-state index contributed by atoms with van der Waals surface area (Å²) >= 11 is 0. The molecule has 0 saturated carbocycles. The molecule has 1 saturated heterocycles. The number of ether oxygens (including phenoxy) is 1. The Balaban J connectivity index is 2.68. The molecule has 0 spiro atoms. The van der Waals surface area contributed by atoms with Gasteiger partial charge in [0.15, 0.2) is 0 Å². The van der Waals surface area contributed by atoms with E-state index in [2.05, 4.69) is 5.32 Å². The first kappa shape index (κ1) is 12.0. The van der Waals surface area contributed by atoms with E-state index in [4.69, 9.17) is 9.84 Å². The van der Waals surface area contributed by atoms with Crippen LogP contribution in [0.25, 0.3) is 0 Å². The van der Waals surface area contributed by atoms with E-state index >= 15 is 0 Å². The molecule has 86 valence electrons. The number of hydrogen-bond donors (Lipinski definition) is 2. The van der Waals surface area contributed by atoms with Gasteiger partial charge in [0.1, 0.15) is 6.04 Å². The summed E-state index contributed by atoms with van der Waals surface area (Å²) in [7, 11) is 1.58. The first-order chi connectivity index (χ1) is 6.85. The van der Waals surface area contributed by atoms with Gasteiger partial charge in [0, 0.05) is 19.4 Å². The van der Waals surface area contributed by atoms with Gasteiger partial charge in [-0.05, 0) is 20.3 Å². The molecule has 1 aliphatic rings. The Kier molecular flexibility index (Phi) is 3.34. The maximum atomic E-state index is 11.1. The zero-order valence-electron chi connectivity index (χ0n) is 9.24. The Hall–Kier alpha value is -1.10. The monoisotopic (exact) mass is 215 g/mol. The summed E-state index contributed by atoms with van der Waals surface area (Å²) in [5.41, 5.74) is -0.398. The van der Waals surface area contributed by atoms with Crippen molar-refractivity contribution in [1.82, 2.24) is 5.32 Å². The van der Waals surface area contributed by atoms with Crippen molar-refractivity contribution in [2.75, 3.05) is 7.11 Å². The van der Waals surface area contributed by atoms with Gasteiger partial charge >= 0.3 is 5.97 Å². The number of methoxy groups -OCH3 is 1. The van der Waals surface area contributed by atoms with Crippen LogP contribution in [0.1, 0.15) is 26.7 Å². The van der Waals surface area contributed by atoms with E-state index in [0.717, 1.165) is 0 Å². The molecule has 15 heavy (non-hydrogen) atoms. The maximum absolute atomic E-state index is 11.1. The van der Waals surface area contributed by atoms with Gasteiger partial charge in [-0.2, -0.15) is 0 Å². The fraction of sp³-hybridized carbons (Fsp3) is 0.800. The van der Waals surface area contributed by atoms with Crippen molar-refractivity contribution in [3.8, 4) is 0 Å². The minimum atomic E-state index is -0.974. The van der Waals surface area contributed by atoms with Crippen molar-refractivity contribution in [3.05, 3.63) is 0 Å². The molecule has 1 fully saturated rings. The van der Waals surface area contributed by atoms with Gasteiger partial charge in [-0.25, -0.2) is 4.79 Å². The quantitative estimate of drug-likeness (QED) is 0.711. The van der Waals surface area contributed by atoms with Crippen LogP contribution in [0, 0.1) is 5.92 Å². The zero-order chi connectivity index (χ0) is 11.6. The summed E-state index contributed by atoms with van der Waals surface area (Å²) in [5.74, 6) is -1.36. The summed E-state index contributed by atoms with van der Waals surface area (Å²) in [5, 5.41) is 11.4. The third kappa shape index (κ3) is 2.92. The second-order valence-corrected chi connectivity index (χ2v) is 4.52. The summed E-state index contributed by atoms with van der Waals surface area (Å²) in [4.78, 5) is 22.0. The fourth-order valence-electron chi connectivity index (χ4n) is 1.87. The average Bonchev–Trinajstić information content (AvgIpc) is 2.46. The molecule has 1 heterocycles. The number of aliphatic carboxylic acids is 1. The van der Waals surface area contributed by atoms with E-state index in [1.54, 1.807) is 7.11 Å². The summed E-state index contributed by atoms with van der Waals surface area (Å²) in [6.45, 7) is 3.77. The van der Waals surface area contributed by atoms with Crippen LogP contribution in [0.2, 0.25) is 0 Å². The van der Waals surface area contributed by atoms with Crippen LogP contribution in [-0.4, -0.2) is 35.7 Å². The van der Waals surface area contributed by atoms with Crippen LogP contribution in [0.15, 0.2) is 0 Å². The third-order valence-corrected chi connectivity index (χ3v) is 2.81. The Labute approximate surface area is 88.8 Å². The van der Waals surface area contributed by atoms with E-state index < -0.39 is 17.6 Å². The highest BCUT2D eigenvalue weighted by atomic mass is 16.5. The summed E-state index contributed by atoms with van der Waals surface area (Å²) < 4.78 is 5.23. The van der Waals surface area contributed by atoms with E-state index in [-0.39, 0.29) is 18.2 Å². The van der Waals surface area contributed by atoms with Gasteiger partial charge in [0.05, 0.1) is 5.60 Å². The maximum Gasteiger partial charge on any atom is 0.326 e. The Morgan fingerprint density at radius 1 is 1.67 bits per heavy atom. The summed E-state index contributed by atoms with van der Waals surface area (Å²) in [6, 6.07) is -0.771. The lowest BCUT2D eigenvalue weighted by atomic mass is 9.88. The van der Waals surface area contributed by atoms with E-state index in [0.29, 0.717) is 6.42 Å². The van der Waals surface area contributed by atoms with Gasteiger partial charge in [-0.15, -0.1) is 0 Å². The molecule has 0 aromatic carbocycles. The molecular weight excluding hydrogens is 198 g/mol. The standard InChI is InChI=1S/C10H17NO4/c1-10(2,15-3)5-6-4-7(12)11-8(6)9(13)14/h6,8H,4-5H2,1-3H3,(H,11,12)(H,13,14). The summed E-state index contributed by atoms with van der Waals surface area (Å²) in [6.07, 6.45) is 0.822. The molecule has 0 radical (unpaired) electrons. The minimum absolute atomic E-state index is 0.190. The third-order valence-electron chi connectivity index (χ3n) is 2.81. The molecule has 1 aliphatic heterocycles. The smallest absolute Gasteiger partial charge is 0.326 e. The number of nitrogens with one attached hydrogen (secondary N) is 1. The Morgan fingerprint density at radius 2 is 2.27 bits per heavy atom. The van der Waals surface area contributed by atoms with Gasteiger partial charge in [-0.3, -0.25) is 4.79 Å². The minimum Gasteiger partial charge on any atom is -0.480 e. The fourth-order valence-corrected chi connectivity index (χ4v) is 1.87. The van der Waals surface area contributed by atoms with Crippen molar-refractivity contribution < 1.29 is 19.4 Å². The number of carboxylic acid groups (broad SMARTS) is 1. The highest BCUT2D eigenvalue weighted by Gasteiger charge is 2.40. The predicted octanol–water partition coefficient (Wildman–Crippen LogP) is 0.391. The van der Waals surface area contributed by atoms with Gasteiger partial charge in [-0.1, -0.05) is 0 Å². The first-order valence-corrected chi connectivity index (χ1v) is 4.93. The second-order valence-electron chi connectivity index (χ2n) is 4.52. The molecule has 1 amide bonds. The number of carboxylic acids is 1. The first-order valence-electron chi connectivity index (χ1n) is 4.93. The topological polar surface area (TPSA) is 75.6 Å². The number of rotatable bonds is 4. The van der Waals surface area contributed by atoms with Gasteiger partial charge < -0.3 is 15.2 Å². The molecule has 1 rings (SSSR count). The number of hydrogen-bond acceptors (Lipinski definition) is 3. The van der Waals surface area contributed by atoms with Gasteiger partial charge in [0.2, 0.25) is 5.91 Å². The van der Waals surface area contributed by atoms with Crippen LogP contribution < -0.4 is 5.32 Å². The van der Waals surface area contributed by atoms with Crippen LogP contribution in [-0.2, 0) is 14.3 Å². The lowest BCUT2D eigenvalue weighted by Gasteiger charge is -2.27. The largest absolute Gasteiger partial charge is 0.480 e. The van der Waals surface area contributed by atoms with Crippen molar-refractivity contribution in [1.29, 1.82) is 0 Å². The highest BCUT2D eigenvalue weighted by Crippen LogP contribution is 2.28. The SMILES string of the molecule is COC(C)(C)CC1CC(=O)NC1C(=O)O. The zero-order valence-corrected chi connectivity index (χ0v) is 9.24. The Bertz CT molecular complexity index is 275. The van der Waals surface area contributed by atoms with E-state index in [9.17, 15) is 9.59 Å². The molecule has 0 aliphatic carbocycles. The van der Waals surface area contributed by atoms with Crippen LogP contribution in [0.5, 0.6) is 0 Å². The van der Waals surface area contributed by atoms with Gasteiger partial charge in [0.25, 0.3) is 0 Å². The highest BCUT2D eigenvalue weighted by molar-refractivity contribution is 5.87.